The average molecular weight is 274 g/mol. The molecular formula is C17H13BNO2. The zero-order valence-electron chi connectivity index (χ0n) is 11.3. The van der Waals surface area contributed by atoms with Crippen LogP contribution in [0.2, 0.25) is 0 Å². The van der Waals surface area contributed by atoms with E-state index in [2.05, 4.69) is 4.98 Å². The van der Waals surface area contributed by atoms with Gasteiger partial charge in [0.25, 0.3) is 0 Å². The molecule has 3 nitrogen and oxygen atoms in total. The molecule has 101 valence electrons. The molecule has 3 aromatic rings. The molecule has 1 aromatic heterocycles. The smallest absolute Gasteiger partial charge is 0.523 e. The van der Waals surface area contributed by atoms with Gasteiger partial charge in [0.15, 0.2) is 5.88 Å². The Hall–Kier alpha value is -2.59. The third kappa shape index (κ3) is 3.12. The molecule has 0 bridgehead atoms. The summed E-state index contributed by atoms with van der Waals surface area (Å²) in [6.07, 6.45) is 0. The van der Waals surface area contributed by atoms with Crippen LogP contribution >= 0.6 is 0 Å². The molecule has 0 aliphatic rings. The fourth-order valence-corrected chi connectivity index (χ4v) is 2.17. The highest BCUT2D eigenvalue weighted by atomic mass is 16.5. The lowest BCUT2D eigenvalue weighted by Gasteiger charge is -2.09. The van der Waals surface area contributed by atoms with E-state index in [1.807, 2.05) is 66.7 Å². The second-order valence-electron chi connectivity index (χ2n) is 4.53. The third-order valence-electron chi connectivity index (χ3n) is 3.15. The molecule has 0 atom stereocenters. The Bertz CT molecular complexity index is 660. The number of pyridine rings is 1. The summed E-state index contributed by atoms with van der Waals surface area (Å²) in [6, 6.07) is 23.7. The molecule has 0 aliphatic heterocycles. The van der Waals surface area contributed by atoms with E-state index in [9.17, 15) is 0 Å². The normalized spacial score (nSPS) is 10.1. The highest BCUT2D eigenvalue weighted by molar-refractivity contribution is 6.17. The van der Waals surface area contributed by atoms with E-state index in [1.54, 1.807) is 6.07 Å². The van der Waals surface area contributed by atoms with Gasteiger partial charge in [-0.15, -0.1) is 0 Å². The number of rotatable bonds is 4. The fourth-order valence-electron chi connectivity index (χ4n) is 2.17. The van der Waals surface area contributed by atoms with Crippen LogP contribution in [0.4, 0.5) is 0 Å². The molecule has 2 aromatic carbocycles. The fraction of sp³-hybridized carbons (Fsp3) is 0. The maximum Gasteiger partial charge on any atom is 0.570 e. The van der Waals surface area contributed by atoms with Crippen molar-refractivity contribution in [3.05, 3.63) is 72.8 Å². The predicted octanol–water partition coefficient (Wildman–Crippen LogP) is 3.32. The molecule has 3 rings (SSSR count). The number of benzene rings is 2. The van der Waals surface area contributed by atoms with Gasteiger partial charge in [0, 0.05) is 11.6 Å². The number of nitrogens with zero attached hydrogens (tertiary/aromatic N) is 1. The standard InChI is InChI=1S/C17H13BNO2/c20-18-21-17-12-15(13-7-3-1-4-8-13)11-16(19-17)14-9-5-2-6-10-14/h1-12,20H. The van der Waals surface area contributed by atoms with Crippen LogP contribution in [-0.2, 0) is 0 Å². The van der Waals surface area contributed by atoms with E-state index < -0.39 is 0 Å². The van der Waals surface area contributed by atoms with E-state index in [4.69, 9.17) is 9.68 Å². The highest BCUT2D eigenvalue weighted by Gasteiger charge is 2.07. The molecule has 0 saturated carbocycles. The quantitative estimate of drug-likeness (QED) is 0.742. The minimum Gasteiger partial charge on any atom is -0.523 e. The third-order valence-corrected chi connectivity index (χ3v) is 3.15. The Balaban J connectivity index is 2.11. The molecule has 0 amide bonds. The Morgan fingerprint density at radius 1 is 0.762 bits per heavy atom. The van der Waals surface area contributed by atoms with Crippen molar-refractivity contribution in [3.8, 4) is 28.3 Å². The maximum atomic E-state index is 8.86. The Labute approximate surface area is 124 Å². The first kappa shape index (κ1) is 13.4. The van der Waals surface area contributed by atoms with Crippen molar-refractivity contribution < 1.29 is 9.68 Å². The summed E-state index contributed by atoms with van der Waals surface area (Å²) in [7, 11) is 0.645. The van der Waals surface area contributed by atoms with Gasteiger partial charge in [-0.1, -0.05) is 60.7 Å². The first-order chi connectivity index (χ1) is 10.4. The molecule has 21 heavy (non-hydrogen) atoms. The van der Waals surface area contributed by atoms with Crippen LogP contribution in [0, 0.1) is 0 Å². The van der Waals surface area contributed by atoms with Crippen molar-refractivity contribution >= 4 is 7.69 Å². The summed E-state index contributed by atoms with van der Waals surface area (Å²) < 4.78 is 5.05. The van der Waals surface area contributed by atoms with Crippen LogP contribution in [0.3, 0.4) is 0 Å². The summed E-state index contributed by atoms with van der Waals surface area (Å²) in [4.78, 5) is 4.41. The zero-order valence-corrected chi connectivity index (χ0v) is 11.3. The van der Waals surface area contributed by atoms with Crippen LogP contribution < -0.4 is 4.65 Å². The summed E-state index contributed by atoms with van der Waals surface area (Å²) in [5.41, 5.74) is 3.85. The summed E-state index contributed by atoms with van der Waals surface area (Å²) in [6.45, 7) is 0. The van der Waals surface area contributed by atoms with Gasteiger partial charge in [0.2, 0.25) is 0 Å². The summed E-state index contributed by atoms with van der Waals surface area (Å²) >= 11 is 0. The predicted molar refractivity (Wildman–Crippen MR) is 83.7 cm³/mol. The van der Waals surface area contributed by atoms with Crippen molar-refractivity contribution in [1.29, 1.82) is 0 Å². The summed E-state index contributed by atoms with van der Waals surface area (Å²) in [5, 5.41) is 8.86. The van der Waals surface area contributed by atoms with Crippen LogP contribution in [0.15, 0.2) is 72.8 Å². The highest BCUT2D eigenvalue weighted by Crippen LogP contribution is 2.28. The van der Waals surface area contributed by atoms with Crippen molar-refractivity contribution in [1.82, 2.24) is 4.98 Å². The van der Waals surface area contributed by atoms with Crippen LogP contribution in [0.1, 0.15) is 0 Å². The van der Waals surface area contributed by atoms with Gasteiger partial charge in [0.05, 0.1) is 5.69 Å². The molecule has 1 heterocycles. The van der Waals surface area contributed by atoms with Crippen molar-refractivity contribution in [2.24, 2.45) is 0 Å². The van der Waals surface area contributed by atoms with Crippen molar-refractivity contribution in [2.75, 3.05) is 0 Å². The van der Waals surface area contributed by atoms with E-state index in [-0.39, 0.29) is 0 Å². The number of aromatic nitrogens is 1. The van der Waals surface area contributed by atoms with Crippen LogP contribution in [-0.4, -0.2) is 17.7 Å². The number of hydrogen-bond donors (Lipinski definition) is 1. The lowest BCUT2D eigenvalue weighted by molar-refractivity contribution is 0.443. The monoisotopic (exact) mass is 274 g/mol. The molecule has 1 N–H and O–H groups in total. The first-order valence-corrected chi connectivity index (χ1v) is 6.62. The average Bonchev–Trinajstić information content (AvgIpc) is 2.56. The number of hydrogen-bond acceptors (Lipinski definition) is 3. The minimum atomic E-state index is 0.359. The molecule has 4 heteroatoms. The Morgan fingerprint density at radius 3 is 2.00 bits per heavy atom. The topological polar surface area (TPSA) is 42.4 Å². The summed E-state index contributed by atoms with van der Waals surface area (Å²) in [5.74, 6) is 0.359. The van der Waals surface area contributed by atoms with E-state index in [1.165, 1.54) is 0 Å². The van der Waals surface area contributed by atoms with Crippen LogP contribution in [0.5, 0.6) is 5.88 Å². The second-order valence-corrected chi connectivity index (χ2v) is 4.53. The molecule has 1 radical (unpaired) electrons. The molecule has 0 aliphatic carbocycles. The van der Waals surface area contributed by atoms with Gasteiger partial charge in [0.1, 0.15) is 0 Å². The van der Waals surface area contributed by atoms with E-state index in [0.717, 1.165) is 22.4 Å². The SMILES string of the molecule is O[B]Oc1cc(-c2ccccc2)cc(-c2ccccc2)n1. The lowest BCUT2D eigenvalue weighted by Crippen LogP contribution is -2.02. The minimum absolute atomic E-state index is 0.359. The van der Waals surface area contributed by atoms with Crippen molar-refractivity contribution in [2.45, 2.75) is 0 Å². The van der Waals surface area contributed by atoms with Gasteiger partial charge >= 0.3 is 7.69 Å². The van der Waals surface area contributed by atoms with E-state index in [0.29, 0.717) is 13.6 Å². The first-order valence-electron chi connectivity index (χ1n) is 6.62. The van der Waals surface area contributed by atoms with Gasteiger partial charge in [-0.2, -0.15) is 0 Å². The largest absolute Gasteiger partial charge is 0.570 e. The lowest BCUT2D eigenvalue weighted by atomic mass is 10.0. The van der Waals surface area contributed by atoms with Gasteiger partial charge in [-0.25, -0.2) is 4.98 Å². The van der Waals surface area contributed by atoms with Gasteiger partial charge < -0.3 is 9.68 Å². The zero-order chi connectivity index (χ0) is 14.5. The van der Waals surface area contributed by atoms with Crippen molar-refractivity contribution in [3.63, 3.8) is 0 Å². The van der Waals surface area contributed by atoms with Gasteiger partial charge in [-0.3, -0.25) is 0 Å². The molecule has 0 spiro atoms. The molecular weight excluding hydrogens is 261 g/mol. The van der Waals surface area contributed by atoms with Crippen LogP contribution in [0.25, 0.3) is 22.4 Å². The maximum absolute atomic E-state index is 8.86. The Kier molecular flexibility index (Phi) is 3.98. The van der Waals surface area contributed by atoms with E-state index >= 15 is 0 Å². The Morgan fingerprint density at radius 2 is 1.38 bits per heavy atom. The molecule has 0 unspecified atom stereocenters. The molecule has 0 saturated heterocycles. The van der Waals surface area contributed by atoms with Gasteiger partial charge in [-0.05, 0) is 17.2 Å². The molecule has 0 fully saturated rings. The second kappa shape index (κ2) is 6.24.